The molecule has 32 heavy (non-hydrogen) atoms. The summed E-state index contributed by atoms with van der Waals surface area (Å²) in [6.45, 7) is 9.73. The Balaban J connectivity index is 0.00000363. The highest BCUT2D eigenvalue weighted by atomic mass is 127. The van der Waals surface area contributed by atoms with Crippen LogP contribution in [0.25, 0.3) is 5.82 Å². The summed E-state index contributed by atoms with van der Waals surface area (Å²) in [5, 5.41) is 11.2. The summed E-state index contributed by atoms with van der Waals surface area (Å²) >= 11 is 0. The molecule has 0 fully saturated rings. The molecular formula is C24H34IN7. The molecule has 2 N–H and O–H groups in total. The van der Waals surface area contributed by atoms with Crippen LogP contribution in [0.4, 0.5) is 5.69 Å². The van der Waals surface area contributed by atoms with E-state index in [1.165, 1.54) is 5.69 Å². The first-order valence-electron chi connectivity index (χ1n) is 10.8. The lowest BCUT2D eigenvalue weighted by Crippen LogP contribution is -2.38. The van der Waals surface area contributed by atoms with Gasteiger partial charge in [-0.2, -0.15) is 5.10 Å². The van der Waals surface area contributed by atoms with E-state index in [1.807, 2.05) is 36.9 Å². The Morgan fingerprint density at radius 1 is 1.09 bits per heavy atom. The molecule has 0 aliphatic carbocycles. The number of halogens is 1. The number of anilines is 1. The van der Waals surface area contributed by atoms with Gasteiger partial charge >= 0.3 is 0 Å². The fraction of sp³-hybridized carbons (Fsp3) is 0.375. The van der Waals surface area contributed by atoms with Gasteiger partial charge in [-0.25, -0.2) is 9.67 Å². The molecule has 2 heterocycles. The van der Waals surface area contributed by atoms with Crippen LogP contribution in [0.2, 0.25) is 0 Å². The second kappa shape index (κ2) is 13.0. The highest BCUT2D eigenvalue weighted by Gasteiger charge is 2.06. The van der Waals surface area contributed by atoms with E-state index in [2.05, 4.69) is 73.9 Å². The quantitative estimate of drug-likeness (QED) is 0.183. The van der Waals surface area contributed by atoms with Crippen molar-refractivity contribution >= 4 is 35.6 Å². The minimum Gasteiger partial charge on any atom is -0.372 e. The fourth-order valence-electron chi connectivity index (χ4n) is 3.50. The van der Waals surface area contributed by atoms with Gasteiger partial charge in [-0.05, 0) is 57.0 Å². The molecule has 7 nitrogen and oxygen atoms in total. The molecule has 1 aromatic carbocycles. The Morgan fingerprint density at radius 2 is 1.88 bits per heavy atom. The monoisotopic (exact) mass is 547 g/mol. The number of hydrogen-bond donors (Lipinski definition) is 2. The van der Waals surface area contributed by atoms with Gasteiger partial charge in [0.25, 0.3) is 0 Å². The summed E-state index contributed by atoms with van der Waals surface area (Å²) < 4.78 is 1.86. The molecule has 0 saturated heterocycles. The molecule has 172 valence electrons. The number of benzene rings is 1. The molecule has 0 unspecified atom stereocenters. The van der Waals surface area contributed by atoms with Crippen molar-refractivity contribution in [1.82, 2.24) is 25.4 Å². The summed E-state index contributed by atoms with van der Waals surface area (Å²) in [6, 6.07) is 16.6. The summed E-state index contributed by atoms with van der Waals surface area (Å²) in [5.41, 5.74) is 4.43. The van der Waals surface area contributed by atoms with Crippen molar-refractivity contribution in [1.29, 1.82) is 0 Å². The zero-order chi connectivity index (χ0) is 22.1. The van der Waals surface area contributed by atoms with E-state index in [1.54, 1.807) is 7.05 Å². The number of aliphatic imine (C=N–C) groups is 1. The zero-order valence-electron chi connectivity index (χ0n) is 19.4. The van der Waals surface area contributed by atoms with Gasteiger partial charge in [0.15, 0.2) is 11.8 Å². The van der Waals surface area contributed by atoms with Gasteiger partial charge in [-0.3, -0.25) is 4.99 Å². The van der Waals surface area contributed by atoms with Gasteiger partial charge in [-0.15, -0.1) is 24.0 Å². The lowest BCUT2D eigenvalue weighted by molar-refractivity contribution is 0.708. The second-order valence-corrected chi connectivity index (χ2v) is 7.48. The standard InChI is InChI=1S/C24H33N7.HI/c1-5-30(22-10-7-6-8-11-22)15-9-14-26-24(25-4)28-18-21-12-13-23(27-17-21)31-20(3)16-19(2)29-31;/h6-8,10-13,16-17H,5,9,14-15,18H2,1-4H3,(H2,25,26,28);1H. The zero-order valence-corrected chi connectivity index (χ0v) is 21.7. The van der Waals surface area contributed by atoms with Crippen LogP contribution in [0.1, 0.15) is 30.3 Å². The van der Waals surface area contributed by atoms with E-state index >= 15 is 0 Å². The Labute approximate surface area is 208 Å². The van der Waals surface area contributed by atoms with Crippen molar-refractivity contribution in [2.75, 3.05) is 31.6 Å². The van der Waals surface area contributed by atoms with Crippen LogP contribution in [0.15, 0.2) is 59.7 Å². The van der Waals surface area contributed by atoms with Gasteiger partial charge in [0.05, 0.1) is 5.69 Å². The SMILES string of the molecule is CCN(CCCNC(=NC)NCc1ccc(-n2nc(C)cc2C)nc1)c1ccccc1.I. The third-order valence-electron chi connectivity index (χ3n) is 5.12. The smallest absolute Gasteiger partial charge is 0.191 e. The van der Waals surface area contributed by atoms with Crippen LogP contribution >= 0.6 is 24.0 Å². The summed E-state index contributed by atoms with van der Waals surface area (Å²) in [7, 11) is 1.79. The maximum absolute atomic E-state index is 4.55. The molecular weight excluding hydrogens is 513 g/mol. The number of hydrogen-bond acceptors (Lipinski definition) is 4. The molecule has 0 aliphatic heterocycles. The minimum absolute atomic E-state index is 0. The minimum atomic E-state index is 0. The van der Waals surface area contributed by atoms with Crippen LogP contribution in [-0.4, -0.2) is 47.4 Å². The first kappa shape index (κ1) is 25.6. The highest BCUT2D eigenvalue weighted by Crippen LogP contribution is 2.13. The largest absolute Gasteiger partial charge is 0.372 e. The van der Waals surface area contributed by atoms with Gasteiger partial charge < -0.3 is 15.5 Å². The molecule has 3 aromatic rings. The number of nitrogens with one attached hydrogen (secondary N) is 2. The van der Waals surface area contributed by atoms with Gasteiger partial charge in [-0.1, -0.05) is 24.3 Å². The normalized spacial score (nSPS) is 11.1. The predicted molar refractivity (Wildman–Crippen MR) is 143 cm³/mol. The van der Waals surface area contributed by atoms with Crippen molar-refractivity contribution in [2.45, 2.75) is 33.7 Å². The molecule has 8 heteroatoms. The maximum Gasteiger partial charge on any atom is 0.191 e. The number of aryl methyl sites for hydroxylation is 2. The first-order valence-corrected chi connectivity index (χ1v) is 10.8. The molecule has 0 atom stereocenters. The van der Waals surface area contributed by atoms with Crippen molar-refractivity contribution in [3.8, 4) is 5.82 Å². The molecule has 3 rings (SSSR count). The predicted octanol–water partition coefficient (Wildman–Crippen LogP) is 4.08. The second-order valence-electron chi connectivity index (χ2n) is 7.48. The van der Waals surface area contributed by atoms with Crippen LogP contribution in [0, 0.1) is 13.8 Å². The lowest BCUT2D eigenvalue weighted by atomic mass is 10.2. The van der Waals surface area contributed by atoms with Crippen molar-refractivity contribution in [3.63, 3.8) is 0 Å². The summed E-state index contributed by atoms with van der Waals surface area (Å²) in [4.78, 5) is 11.3. The molecule has 2 aromatic heterocycles. The Kier molecular flexibility index (Phi) is 10.5. The van der Waals surface area contributed by atoms with Crippen molar-refractivity contribution in [3.05, 3.63) is 71.7 Å². The van der Waals surface area contributed by atoms with E-state index < -0.39 is 0 Å². The van der Waals surface area contributed by atoms with Gasteiger partial charge in [0, 0.05) is 50.8 Å². The molecule has 0 bridgehead atoms. The Bertz CT molecular complexity index is 968. The van der Waals surface area contributed by atoms with E-state index in [0.717, 1.165) is 54.8 Å². The van der Waals surface area contributed by atoms with Crippen LogP contribution in [0.5, 0.6) is 0 Å². The molecule has 0 saturated carbocycles. The molecule has 0 aliphatic rings. The van der Waals surface area contributed by atoms with Crippen LogP contribution in [-0.2, 0) is 6.54 Å². The van der Waals surface area contributed by atoms with Crippen LogP contribution < -0.4 is 15.5 Å². The van der Waals surface area contributed by atoms with Gasteiger partial charge in [0.2, 0.25) is 0 Å². The Morgan fingerprint density at radius 3 is 2.47 bits per heavy atom. The Hall–Kier alpha value is -2.62. The lowest BCUT2D eigenvalue weighted by Gasteiger charge is -2.23. The van der Waals surface area contributed by atoms with E-state index in [9.17, 15) is 0 Å². The number of nitrogens with zero attached hydrogens (tertiary/aromatic N) is 5. The third-order valence-corrected chi connectivity index (χ3v) is 5.12. The number of aromatic nitrogens is 3. The highest BCUT2D eigenvalue weighted by molar-refractivity contribution is 14.0. The van der Waals surface area contributed by atoms with E-state index in [-0.39, 0.29) is 24.0 Å². The maximum atomic E-state index is 4.55. The van der Waals surface area contributed by atoms with E-state index in [0.29, 0.717) is 6.54 Å². The number of para-hydroxylation sites is 1. The summed E-state index contributed by atoms with van der Waals surface area (Å²) in [6.07, 6.45) is 2.91. The summed E-state index contributed by atoms with van der Waals surface area (Å²) in [5.74, 6) is 1.63. The van der Waals surface area contributed by atoms with Gasteiger partial charge in [0.1, 0.15) is 0 Å². The number of pyridine rings is 1. The average Bonchev–Trinajstić information content (AvgIpc) is 3.14. The third kappa shape index (κ3) is 7.22. The van der Waals surface area contributed by atoms with Crippen LogP contribution in [0.3, 0.4) is 0 Å². The number of guanidine groups is 1. The fourth-order valence-corrected chi connectivity index (χ4v) is 3.50. The average molecular weight is 547 g/mol. The molecule has 0 spiro atoms. The van der Waals surface area contributed by atoms with Crippen molar-refractivity contribution in [2.24, 2.45) is 4.99 Å². The van der Waals surface area contributed by atoms with Crippen molar-refractivity contribution < 1.29 is 0 Å². The van der Waals surface area contributed by atoms with E-state index in [4.69, 9.17) is 0 Å². The molecule has 0 radical (unpaired) electrons. The topological polar surface area (TPSA) is 70.4 Å². The molecule has 0 amide bonds. The first-order chi connectivity index (χ1) is 15.1. The number of rotatable bonds is 9.